The highest BCUT2D eigenvalue weighted by Crippen LogP contribution is 2.23. The van der Waals surface area contributed by atoms with Crippen LogP contribution >= 0.6 is 0 Å². The first-order chi connectivity index (χ1) is 12.2. The number of aliphatic imine (C=N–C) groups is 1. The maximum atomic E-state index is 12.1. The Morgan fingerprint density at radius 3 is 2.50 bits per heavy atom. The highest BCUT2D eigenvalue weighted by molar-refractivity contribution is 7.92. The molecule has 10 heteroatoms. The summed E-state index contributed by atoms with van der Waals surface area (Å²) in [7, 11) is -1.42. The van der Waals surface area contributed by atoms with Gasteiger partial charge in [0.2, 0.25) is 0 Å². The van der Waals surface area contributed by atoms with Crippen molar-refractivity contribution in [2.45, 2.75) is 18.6 Å². The van der Waals surface area contributed by atoms with Crippen molar-refractivity contribution in [2.75, 3.05) is 44.3 Å². The van der Waals surface area contributed by atoms with E-state index in [0.717, 1.165) is 5.69 Å². The van der Waals surface area contributed by atoms with Gasteiger partial charge in [0.1, 0.15) is 0 Å². The Morgan fingerprint density at radius 1 is 1.31 bits per heavy atom. The van der Waals surface area contributed by atoms with Gasteiger partial charge in [0, 0.05) is 51.0 Å². The van der Waals surface area contributed by atoms with Crippen molar-refractivity contribution >= 4 is 27.2 Å². The molecule has 1 aromatic carbocycles. The van der Waals surface area contributed by atoms with Gasteiger partial charge in [-0.2, -0.15) is 0 Å². The molecule has 0 amide bonds. The van der Waals surface area contributed by atoms with E-state index in [0.29, 0.717) is 32.1 Å². The lowest BCUT2D eigenvalue weighted by Gasteiger charge is -2.39. The third kappa shape index (κ3) is 4.63. The summed E-state index contributed by atoms with van der Waals surface area (Å²) in [4.78, 5) is 16.4. The number of benzene rings is 1. The maximum Gasteiger partial charge on any atom is 0.269 e. The van der Waals surface area contributed by atoms with E-state index >= 15 is 0 Å². The lowest BCUT2D eigenvalue weighted by Crippen LogP contribution is -2.57. The van der Waals surface area contributed by atoms with E-state index in [1.165, 1.54) is 12.1 Å². The summed E-state index contributed by atoms with van der Waals surface area (Å²) >= 11 is 0. The van der Waals surface area contributed by atoms with Gasteiger partial charge in [0.15, 0.2) is 15.8 Å². The third-order valence-corrected chi connectivity index (χ3v) is 6.90. The van der Waals surface area contributed by atoms with E-state index < -0.39 is 19.5 Å². The second-order valence-corrected chi connectivity index (χ2v) is 9.45. The SMILES string of the molecule is CN=C(NCCNc1ccc([N+](=O)[O-])cc1)N1CCS(=O)(=O)C(C)(C)C1. The summed E-state index contributed by atoms with van der Waals surface area (Å²) in [6.07, 6.45) is 0. The lowest BCUT2D eigenvalue weighted by molar-refractivity contribution is -0.384. The molecule has 0 unspecified atom stereocenters. The number of sulfone groups is 1. The molecule has 1 aliphatic rings. The van der Waals surface area contributed by atoms with Crippen LogP contribution in [0.4, 0.5) is 11.4 Å². The third-order valence-electron chi connectivity index (χ3n) is 4.37. The fourth-order valence-corrected chi connectivity index (χ4v) is 4.10. The first-order valence-electron chi connectivity index (χ1n) is 8.32. The Hall–Kier alpha value is -2.36. The van der Waals surface area contributed by atoms with E-state index in [1.807, 2.05) is 4.90 Å². The minimum atomic E-state index is -3.09. The predicted octanol–water partition coefficient (Wildman–Crippen LogP) is 1.09. The number of hydrogen-bond acceptors (Lipinski definition) is 6. The van der Waals surface area contributed by atoms with Crippen LogP contribution < -0.4 is 10.6 Å². The van der Waals surface area contributed by atoms with Crippen LogP contribution in [-0.4, -0.2) is 67.9 Å². The molecule has 1 fully saturated rings. The number of nitrogens with zero attached hydrogens (tertiary/aromatic N) is 3. The van der Waals surface area contributed by atoms with E-state index in [1.54, 1.807) is 33.0 Å². The second-order valence-electron chi connectivity index (χ2n) is 6.70. The molecule has 1 saturated heterocycles. The van der Waals surface area contributed by atoms with Crippen molar-refractivity contribution in [3.8, 4) is 0 Å². The number of non-ortho nitro benzene ring substituents is 1. The summed E-state index contributed by atoms with van der Waals surface area (Å²) in [6, 6.07) is 6.21. The zero-order chi connectivity index (χ0) is 19.4. The van der Waals surface area contributed by atoms with Crippen molar-refractivity contribution in [1.29, 1.82) is 0 Å². The fraction of sp³-hybridized carbons (Fsp3) is 0.562. The molecule has 26 heavy (non-hydrogen) atoms. The standard InChI is InChI=1S/C16H25N5O4S/c1-16(2)12-20(10-11-26(16,24)25)15(17-3)19-9-8-18-13-4-6-14(7-5-13)21(22)23/h4-7,18H,8-12H2,1-3H3,(H,17,19). The number of nitro groups is 1. The first kappa shape index (κ1) is 20.0. The molecule has 9 nitrogen and oxygen atoms in total. The summed E-state index contributed by atoms with van der Waals surface area (Å²) in [5.41, 5.74) is 0.842. The highest BCUT2D eigenvalue weighted by atomic mass is 32.2. The van der Waals surface area contributed by atoms with Crippen LogP contribution in [0.3, 0.4) is 0 Å². The Bertz CT molecular complexity index is 774. The number of rotatable bonds is 5. The molecule has 0 bridgehead atoms. The van der Waals surface area contributed by atoms with Crippen molar-refractivity contribution in [1.82, 2.24) is 10.2 Å². The maximum absolute atomic E-state index is 12.1. The van der Waals surface area contributed by atoms with Crippen LogP contribution in [0.1, 0.15) is 13.8 Å². The molecule has 1 heterocycles. The molecular weight excluding hydrogens is 358 g/mol. The minimum Gasteiger partial charge on any atom is -0.383 e. The number of anilines is 1. The van der Waals surface area contributed by atoms with Gasteiger partial charge in [-0.1, -0.05) is 0 Å². The van der Waals surface area contributed by atoms with Crippen LogP contribution in [0.5, 0.6) is 0 Å². The topological polar surface area (TPSA) is 117 Å². The van der Waals surface area contributed by atoms with Crippen molar-refractivity contribution in [3.63, 3.8) is 0 Å². The number of guanidine groups is 1. The van der Waals surface area contributed by atoms with Gasteiger partial charge in [-0.15, -0.1) is 0 Å². The van der Waals surface area contributed by atoms with Crippen molar-refractivity contribution in [2.24, 2.45) is 4.99 Å². The van der Waals surface area contributed by atoms with Gasteiger partial charge >= 0.3 is 0 Å². The van der Waals surface area contributed by atoms with Gasteiger partial charge in [-0.25, -0.2) is 8.42 Å². The molecular formula is C16H25N5O4S. The summed E-state index contributed by atoms with van der Waals surface area (Å²) in [5, 5.41) is 17.0. The van der Waals surface area contributed by atoms with Crippen molar-refractivity contribution < 1.29 is 13.3 Å². The predicted molar refractivity (Wildman–Crippen MR) is 102 cm³/mol. The number of nitrogens with one attached hydrogen (secondary N) is 2. The fourth-order valence-electron chi connectivity index (χ4n) is 2.74. The molecule has 2 N–H and O–H groups in total. The van der Waals surface area contributed by atoms with Gasteiger partial charge in [0.05, 0.1) is 15.4 Å². The van der Waals surface area contributed by atoms with E-state index in [-0.39, 0.29) is 11.4 Å². The smallest absolute Gasteiger partial charge is 0.269 e. The van der Waals surface area contributed by atoms with Crippen LogP contribution in [0, 0.1) is 10.1 Å². The largest absolute Gasteiger partial charge is 0.383 e. The van der Waals surface area contributed by atoms with E-state index in [2.05, 4.69) is 15.6 Å². The van der Waals surface area contributed by atoms with Crippen LogP contribution in [0.25, 0.3) is 0 Å². The summed E-state index contributed by atoms with van der Waals surface area (Å²) in [6.45, 7) is 5.45. The van der Waals surface area contributed by atoms with E-state index in [9.17, 15) is 18.5 Å². The van der Waals surface area contributed by atoms with Gasteiger partial charge in [-0.3, -0.25) is 15.1 Å². The molecule has 0 atom stereocenters. The average Bonchev–Trinajstić information content (AvgIpc) is 2.58. The Morgan fingerprint density at radius 2 is 1.96 bits per heavy atom. The average molecular weight is 383 g/mol. The Balaban J connectivity index is 1.83. The van der Waals surface area contributed by atoms with Crippen LogP contribution in [-0.2, 0) is 9.84 Å². The number of hydrogen-bond donors (Lipinski definition) is 2. The Labute approximate surface area is 153 Å². The first-order valence-corrected chi connectivity index (χ1v) is 9.98. The zero-order valence-corrected chi connectivity index (χ0v) is 16.0. The van der Waals surface area contributed by atoms with Gasteiger partial charge < -0.3 is 15.5 Å². The number of nitro benzene ring substituents is 1. The molecule has 0 aromatic heterocycles. The lowest BCUT2D eigenvalue weighted by atomic mass is 10.2. The molecule has 1 aliphatic heterocycles. The molecule has 0 spiro atoms. The molecule has 144 valence electrons. The summed E-state index contributed by atoms with van der Waals surface area (Å²) < 4.78 is 23.4. The molecule has 0 saturated carbocycles. The highest BCUT2D eigenvalue weighted by Gasteiger charge is 2.40. The molecule has 0 aliphatic carbocycles. The quantitative estimate of drug-likeness (QED) is 0.257. The monoisotopic (exact) mass is 383 g/mol. The molecule has 2 rings (SSSR count). The van der Waals surface area contributed by atoms with Crippen LogP contribution in [0.2, 0.25) is 0 Å². The van der Waals surface area contributed by atoms with Gasteiger partial charge in [0.25, 0.3) is 5.69 Å². The van der Waals surface area contributed by atoms with Crippen LogP contribution in [0.15, 0.2) is 29.3 Å². The Kier molecular flexibility index (Phi) is 6.06. The van der Waals surface area contributed by atoms with Crippen molar-refractivity contribution in [3.05, 3.63) is 34.4 Å². The zero-order valence-electron chi connectivity index (χ0n) is 15.2. The van der Waals surface area contributed by atoms with E-state index in [4.69, 9.17) is 0 Å². The van der Waals surface area contributed by atoms with Gasteiger partial charge in [-0.05, 0) is 26.0 Å². The minimum absolute atomic E-state index is 0.0525. The normalized spacial score (nSPS) is 19.0. The second kappa shape index (κ2) is 7.90. The molecule has 1 aromatic rings. The summed E-state index contributed by atoms with van der Waals surface area (Å²) in [5.74, 6) is 0.778. The molecule has 0 radical (unpaired) electrons.